The summed E-state index contributed by atoms with van der Waals surface area (Å²) in [5, 5.41) is 45.4. The maximum Gasteiger partial charge on any atom is 0.250 e. The molecule has 6 atom stereocenters. The number of aromatic nitrogens is 1. The first kappa shape index (κ1) is 22.5. The lowest BCUT2D eigenvalue weighted by atomic mass is 9.59. The smallest absolute Gasteiger partial charge is 0.250 e. The molecule has 37 heavy (non-hydrogen) atoms. The van der Waals surface area contributed by atoms with Crippen LogP contribution in [0.5, 0.6) is 5.75 Å². The Balaban J connectivity index is 1.44. The summed E-state index contributed by atoms with van der Waals surface area (Å²) in [6.07, 6.45) is -2.02. The summed E-state index contributed by atoms with van der Waals surface area (Å²) in [7, 11) is 0. The Morgan fingerprint density at radius 2 is 1.92 bits per heavy atom. The molecular weight excluding hydrogens is 496 g/mol. The Morgan fingerprint density at radius 1 is 1.14 bits per heavy atom. The molecule has 0 spiro atoms. The average molecular weight is 519 g/mol. The number of carbonyl (C=O) groups is 2. The van der Waals surface area contributed by atoms with Crippen LogP contribution in [-0.4, -0.2) is 54.9 Å². The normalized spacial score (nSPS) is 32.4. The topological polar surface area (TPSA) is 166 Å². The number of phenolic OH excluding ortho intramolecular Hbond substituents is 1. The Labute approximate surface area is 214 Å². The Hall–Kier alpha value is -3.73. The van der Waals surface area contributed by atoms with Crippen LogP contribution in [0.4, 0.5) is 0 Å². The molecule has 6 N–H and O–H groups in total. The molecule has 1 aliphatic heterocycles. The second-order valence-corrected chi connectivity index (χ2v) is 11.2. The number of hydrogen-bond acceptors (Lipinski definition) is 9. The number of hydrogen-bond donors (Lipinski definition) is 5. The van der Waals surface area contributed by atoms with E-state index in [9.17, 15) is 30.0 Å². The van der Waals surface area contributed by atoms with E-state index in [1.807, 2.05) is 24.3 Å². The number of benzene rings is 2. The van der Waals surface area contributed by atoms with Gasteiger partial charge in [-0.15, -0.1) is 11.3 Å². The second kappa shape index (κ2) is 7.41. The van der Waals surface area contributed by atoms with Crippen molar-refractivity contribution >= 4 is 39.0 Å². The summed E-state index contributed by atoms with van der Waals surface area (Å²) in [6.45, 7) is 0. The van der Waals surface area contributed by atoms with Gasteiger partial charge in [-0.1, -0.05) is 24.3 Å². The van der Waals surface area contributed by atoms with Gasteiger partial charge in [-0.05, 0) is 30.2 Å². The van der Waals surface area contributed by atoms with Gasteiger partial charge >= 0.3 is 0 Å². The van der Waals surface area contributed by atoms with E-state index in [0.717, 1.165) is 10.2 Å². The maximum atomic E-state index is 14.1. The van der Waals surface area contributed by atoms with Crippen molar-refractivity contribution in [1.82, 2.24) is 4.98 Å². The molecule has 7 rings (SSSR count). The fourth-order valence-corrected chi connectivity index (χ4v) is 7.72. The summed E-state index contributed by atoms with van der Waals surface area (Å²) in [6, 6.07) is 12.5. The van der Waals surface area contributed by atoms with Crippen molar-refractivity contribution < 1.29 is 34.8 Å². The number of allylic oxidation sites excluding steroid dienone is 1. The molecule has 0 bridgehead atoms. The lowest BCUT2D eigenvalue weighted by Crippen LogP contribution is -2.57. The van der Waals surface area contributed by atoms with Gasteiger partial charge in [0.15, 0.2) is 11.4 Å². The zero-order valence-electron chi connectivity index (χ0n) is 19.3. The highest BCUT2D eigenvalue weighted by atomic mass is 32.1. The third-order valence-electron chi connectivity index (χ3n) is 8.25. The monoisotopic (exact) mass is 518 g/mol. The van der Waals surface area contributed by atoms with E-state index in [1.165, 1.54) is 17.4 Å². The number of thiazole rings is 1. The Bertz CT molecular complexity index is 1570. The first-order valence-corrected chi connectivity index (χ1v) is 12.8. The van der Waals surface area contributed by atoms with Gasteiger partial charge in [-0.25, -0.2) is 4.98 Å². The number of para-hydroxylation sites is 1. The number of nitrogens with two attached hydrogens (primary N) is 1. The molecule has 2 fully saturated rings. The van der Waals surface area contributed by atoms with Crippen LogP contribution in [0.2, 0.25) is 0 Å². The number of fused-ring (bicyclic) bond motifs is 6. The fourth-order valence-electron chi connectivity index (χ4n) is 6.57. The molecule has 2 heterocycles. The van der Waals surface area contributed by atoms with Gasteiger partial charge in [-0.3, -0.25) is 9.59 Å². The van der Waals surface area contributed by atoms with E-state index in [-0.39, 0.29) is 46.8 Å². The van der Waals surface area contributed by atoms with Crippen LogP contribution in [0.25, 0.3) is 16.0 Å². The Kier molecular flexibility index (Phi) is 4.50. The molecule has 3 aliphatic carbocycles. The van der Waals surface area contributed by atoms with Gasteiger partial charge in [0.2, 0.25) is 0 Å². The van der Waals surface area contributed by atoms with E-state index in [1.54, 1.807) is 12.1 Å². The number of ketones is 1. The zero-order chi connectivity index (χ0) is 25.8. The number of amides is 1. The number of nitrogens with zero attached hydrogens (tertiary/aromatic N) is 1. The summed E-state index contributed by atoms with van der Waals surface area (Å²) in [5.74, 6) is -4.39. The lowest BCUT2D eigenvalue weighted by molar-refractivity contribution is -0.148. The number of epoxide rings is 1. The van der Waals surface area contributed by atoms with Crippen LogP contribution in [0.15, 0.2) is 59.4 Å². The summed E-state index contributed by atoms with van der Waals surface area (Å²) in [5.41, 5.74) is 4.79. The van der Waals surface area contributed by atoms with E-state index in [0.29, 0.717) is 10.6 Å². The molecule has 1 saturated carbocycles. The molecule has 3 aromatic rings. The molecule has 1 saturated heterocycles. The van der Waals surface area contributed by atoms with E-state index >= 15 is 0 Å². The minimum Gasteiger partial charge on any atom is -0.512 e. The fraction of sp³-hybridized carbons (Fsp3) is 0.296. The molecule has 9 nitrogen and oxygen atoms in total. The zero-order valence-corrected chi connectivity index (χ0v) is 20.1. The molecule has 1 aromatic heterocycles. The third-order valence-corrected chi connectivity index (χ3v) is 9.37. The summed E-state index contributed by atoms with van der Waals surface area (Å²) < 4.78 is 6.50. The SMILES string of the molecule is NC(=O)C1=C(O)C[C@@H]2C[C@H]3C(=C(O)c4c(O)cccc4[C@@H]3c3nc4ccccc4s3)C(=O)[C@]2(O)C2OC12. The van der Waals surface area contributed by atoms with Crippen molar-refractivity contribution in [1.29, 1.82) is 0 Å². The van der Waals surface area contributed by atoms with Crippen LogP contribution in [-0.2, 0) is 14.3 Å². The minimum atomic E-state index is -2.09. The van der Waals surface area contributed by atoms with Crippen molar-refractivity contribution in [2.24, 2.45) is 17.6 Å². The summed E-state index contributed by atoms with van der Waals surface area (Å²) >= 11 is 1.46. The van der Waals surface area contributed by atoms with Crippen molar-refractivity contribution in [3.63, 3.8) is 0 Å². The van der Waals surface area contributed by atoms with E-state index < -0.39 is 47.3 Å². The van der Waals surface area contributed by atoms with Crippen molar-refractivity contribution in [3.05, 3.63) is 75.5 Å². The number of carbonyl (C=O) groups excluding carboxylic acids is 2. The predicted molar refractivity (Wildman–Crippen MR) is 133 cm³/mol. The quantitative estimate of drug-likeness (QED) is 0.323. The number of aliphatic hydroxyl groups is 3. The molecule has 2 unspecified atom stereocenters. The van der Waals surface area contributed by atoms with Crippen LogP contribution >= 0.6 is 11.3 Å². The molecule has 188 valence electrons. The van der Waals surface area contributed by atoms with Crippen LogP contribution in [0.3, 0.4) is 0 Å². The lowest BCUT2D eigenvalue weighted by Gasteiger charge is -2.46. The number of primary amides is 1. The molecule has 4 aliphatic rings. The number of aliphatic hydroxyl groups excluding tert-OH is 2. The van der Waals surface area contributed by atoms with Gasteiger partial charge < -0.3 is 30.9 Å². The van der Waals surface area contributed by atoms with Gasteiger partial charge in [0.1, 0.15) is 34.5 Å². The van der Waals surface area contributed by atoms with Gasteiger partial charge in [0, 0.05) is 29.7 Å². The highest BCUT2D eigenvalue weighted by Gasteiger charge is 2.69. The molecular formula is C27H22N2O7S. The van der Waals surface area contributed by atoms with Crippen molar-refractivity contribution in [2.45, 2.75) is 36.6 Å². The van der Waals surface area contributed by atoms with Gasteiger partial charge in [0.25, 0.3) is 5.91 Å². The second-order valence-electron chi connectivity index (χ2n) is 10.1. The maximum absolute atomic E-state index is 14.1. The standard InChI is InChI=1S/C27H22N2O7S/c28-25(34)20-15(31)9-10-8-12-17(26-29-13-5-1-2-7-16(13)37-26)11-4-3-6-14(30)18(11)21(32)19(12)23(33)27(10,35)24-22(20)36-24/h1-7,10,12,17,22,24,30-32,35H,8-9H2,(H2,28,34)/t10-,12+,17-,22?,24?,27-/m0/s1. The molecule has 10 heteroatoms. The highest BCUT2D eigenvalue weighted by molar-refractivity contribution is 7.18. The van der Waals surface area contributed by atoms with Gasteiger partial charge in [-0.2, -0.15) is 0 Å². The van der Waals surface area contributed by atoms with Crippen molar-refractivity contribution in [3.8, 4) is 5.75 Å². The molecule has 2 aromatic carbocycles. The summed E-state index contributed by atoms with van der Waals surface area (Å²) in [4.78, 5) is 31.0. The van der Waals surface area contributed by atoms with E-state index in [4.69, 9.17) is 15.5 Å². The molecule has 0 radical (unpaired) electrons. The third kappa shape index (κ3) is 2.88. The first-order valence-electron chi connectivity index (χ1n) is 12.0. The number of rotatable bonds is 2. The van der Waals surface area contributed by atoms with E-state index in [2.05, 4.69) is 0 Å². The number of phenols is 1. The number of ether oxygens (including phenoxy) is 1. The molecule has 1 amide bonds. The number of Topliss-reactive ketones (excluding diaryl/α,β-unsaturated/α-hetero) is 1. The highest BCUT2D eigenvalue weighted by Crippen LogP contribution is 2.59. The predicted octanol–water partition coefficient (Wildman–Crippen LogP) is 2.82. The van der Waals surface area contributed by atoms with Crippen LogP contribution < -0.4 is 5.73 Å². The van der Waals surface area contributed by atoms with Gasteiger partial charge in [0.05, 0.1) is 21.4 Å². The first-order chi connectivity index (χ1) is 17.7. The van der Waals surface area contributed by atoms with Crippen LogP contribution in [0.1, 0.15) is 34.9 Å². The average Bonchev–Trinajstić information content (AvgIpc) is 3.53. The van der Waals surface area contributed by atoms with Crippen LogP contribution in [0, 0.1) is 11.8 Å². The Morgan fingerprint density at radius 3 is 2.68 bits per heavy atom. The minimum absolute atomic E-state index is 0.00623. The largest absolute Gasteiger partial charge is 0.512 e. The van der Waals surface area contributed by atoms with Crippen molar-refractivity contribution in [2.75, 3.05) is 0 Å². The number of aromatic hydroxyl groups is 1.